The topological polar surface area (TPSA) is 49.3 Å². The Hall–Kier alpha value is -1.36. The molecule has 5 heteroatoms. The molecule has 0 bridgehead atoms. The monoisotopic (exact) mass is 273 g/mol. The number of halogens is 2. The van der Waals surface area contributed by atoms with Gasteiger partial charge in [-0.3, -0.25) is 0 Å². The van der Waals surface area contributed by atoms with Crippen LogP contribution in [0.1, 0.15) is 5.56 Å². The molecule has 0 heterocycles. The van der Waals surface area contributed by atoms with E-state index < -0.39 is 5.97 Å². The molecule has 0 atom stereocenters. The highest BCUT2D eigenvalue weighted by Crippen LogP contribution is 2.24. The molecule has 0 aromatic heterocycles. The van der Waals surface area contributed by atoms with Crippen molar-refractivity contribution >= 4 is 27.6 Å². The zero-order valence-corrected chi connectivity index (χ0v) is 9.51. The maximum atomic E-state index is 13.0. The average molecular weight is 274 g/mol. The van der Waals surface area contributed by atoms with Crippen molar-refractivity contribution in [1.82, 2.24) is 0 Å². The molecule has 0 aliphatic carbocycles. The number of anilines is 1. The van der Waals surface area contributed by atoms with E-state index in [0.29, 0.717) is 15.7 Å². The van der Waals surface area contributed by atoms with Gasteiger partial charge in [0.25, 0.3) is 0 Å². The van der Waals surface area contributed by atoms with Gasteiger partial charge in [0, 0.05) is 18.0 Å². The van der Waals surface area contributed by atoms with E-state index in [-0.39, 0.29) is 5.82 Å². The Balaban J connectivity index is 2.86. The largest absolute Gasteiger partial charge is 0.478 e. The molecule has 0 aliphatic heterocycles. The second kappa shape index (κ2) is 4.93. The van der Waals surface area contributed by atoms with Crippen molar-refractivity contribution in [2.75, 3.05) is 5.32 Å². The second-order valence-corrected chi connectivity index (χ2v) is 3.75. The van der Waals surface area contributed by atoms with Gasteiger partial charge in [-0.1, -0.05) is 0 Å². The summed E-state index contributed by atoms with van der Waals surface area (Å²) in [6.07, 6.45) is 2.26. The zero-order chi connectivity index (χ0) is 11.4. The predicted molar refractivity (Wildman–Crippen MR) is 59.2 cm³/mol. The summed E-state index contributed by atoms with van der Waals surface area (Å²) in [5, 5.41) is 11.1. The van der Waals surface area contributed by atoms with E-state index >= 15 is 0 Å². The lowest BCUT2D eigenvalue weighted by atomic mass is 10.2. The van der Waals surface area contributed by atoms with Crippen LogP contribution in [-0.2, 0) is 4.79 Å². The van der Waals surface area contributed by atoms with Crippen molar-refractivity contribution in [3.05, 3.63) is 40.3 Å². The van der Waals surface area contributed by atoms with Crippen LogP contribution >= 0.6 is 15.9 Å². The molecule has 0 unspecified atom stereocenters. The standard InChI is InChI=1S/C10H9BrFNO2/c1-6-4-8(12)7(11)5-9(6)13-3-2-10(14)15/h2-5,13H,1H3,(H,14,15)/b3-2+. The molecule has 0 radical (unpaired) electrons. The van der Waals surface area contributed by atoms with Crippen molar-refractivity contribution in [1.29, 1.82) is 0 Å². The fourth-order valence-electron chi connectivity index (χ4n) is 1.00. The molecule has 0 spiro atoms. The molecule has 1 aromatic rings. The van der Waals surface area contributed by atoms with Gasteiger partial charge >= 0.3 is 5.97 Å². The van der Waals surface area contributed by atoms with E-state index in [1.54, 1.807) is 13.0 Å². The second-order valence-electron chi connectivity index (χ2n) is 2.90. The molecule has 1 aromatic carbocycles. The zero-order valence-electron chi connectivity index (χ0n) is 7.92. The van der Waals surface area contributed by atoms with Gasteiger partial charge in [0.2, 0.25) is 0 Å². The third kappa shape index (κ3) is 3.36. The Morgan fingerprint density at radius 3 is 2.87 bits per heavy atom. The van der Waals surface area contributed by atoms with Crippen LogP contribution in [0.3, 0.4) is 0 Å². The van der Waals surface area contributed by atoms with Gasteiger partial charge in [0.15, 0.2) is 0 Å². The Morgan fingerprint density at radius 2 is 2.27 bits per heavy atom. The summed E-state index contributed by atoms with van der Waals surface area (Å²) in [7, 11) is 0. The minimum atomic E-state index is -1.04. The minimum Gasteiger partial charge on any atom is -0.478 e. The van der Waals surface area contributed by atoms with E-state index in [2.05, 4.69) is 21.2 Å². The van der Waals surface area contributed by atoms with Gasteiger partial charge in [0.1, 0.15) is 5.82 Å². The Bertz CT molecular complexity index is 418. The molecule has 0 amide bonds. The quantitative estimate of drug-likeness (QED) is 0.833. The fourth-order valence-corrected chi connectivity index (χ4v) is 1.35. The number of aliphatic carboxylic acids is 1. The van der Waals surface area contributed by atoms with Gasteiger partial charge in [-0.05, 0) is 40.5 Å². The van der Waals surface area contributed by atoms with Crippen molar-refractivity contribution in [3.63, 3.8) is 0 Å². The summed E-state index contributed by atoms with van der Waals surface area (Å²) in [5.41, 5.74) is 1.35. The third-order valence-electron chi connectivity index (χ3n) is 1.73. The number of aryl methyl sites for hydroxylation is 1. The molecule has 80 valence electrons. The summed E-state index contributed by atoms with van der Waals surface area (Å²) in [6, 6.07) is 2.91. The summed E-state index contributed by atoms with van der Waals surface area (Å²) in [6.45, 7) is 1.73. The summed E-state index contributed by atoms with van der Waals surface area (Å²) < 4.78 is 13.4. The lowest BCUT2D eigenvalue weighted by Gasteiger charge is -2.06. The van der Waals surface area contributed by atoms with Crippen molar-refractivity contribution in [3.8, 4) is 0 Å². The number of carboxylic acids is 1. The van der Waals surface area contributed by atoms with Gasteiger partial charge in [-0.15, -0.1) is 0 Å². The maximum absolute atomic E-state index is 13.0. The van der Waals surface area contributed by atoms with Gasteiger partial charge in [-0.25, -0.2) is 9.18 Å². The first-order valence-electron chi connectivity index (χ1n) is 4.12. The Labute approximate surface area is 94.7 Å². The van der Waals surface area contributed by atoms with Crippen LogP contribution < -0.4 is 5.32 Å². The van der Waals surface area contributed by atoms with Crippen molar-refractivity contribution < 1.29 is 14.3 Å². The summed E-state index contributed by atoms with van der Waals surface area (Å²) in [5.74, 6) is -1.39. The van der Waals surface area contributed by atoms with Gasteiger partial charge in [0.05, 0.1) is 4.47 Å². The average Bonchev–Trinajstić information content (AvgIpc) is 2.13. The van der Waals surface area contributed by atoms with E-state index in [9.17, 15) is 9.18 Å². The Morgan fingerprint density at radius 1 is 1.60 bits per heavy atom. The first kappa shape index (κ1) is 11.7. The minimum absolute atomic E-state index is 0.333. The molecule has 0 saturated heterocycles. The van der Waals surface area contributed by atoms with Crippen molar-refractivity contribution in [2.24, 2.45) is 0 Å². The molecule has 0 aliphatic rings. The molecule has 0 fully saturated rings. The molecule has 15 heavy (non-hydrogen) atoms. The highest BCUT2D eigenvalue weighted by molar-refractivity contribution is 9.10. The molecule has 2 N–H and O–H groups in total. The first-order chi connectivity index (χ1) is 7.00. The summed E-state index contributed by atoms with van der Waals surface area (Å²) >= 11 is 3.05. The Kier molecular flexibility index (Phi) is 3.85. The molecular weight excluding hydrogens is 265 g/mol. The lowest BCUT2D eigenvalue weighted by molar-refractivity contribution is -0.131. The number of hydrogen-bond acceptors (Lipinski definition) is 2. The number of carbonyl (C=O) groups is 1. The molecule has 1 rings (SSSR count). The SMILES string of the molecule is Cc1cc(F)c(Br)cc1N/C=C/C(=O)O. The number of rotatable bonds is 3. The predicted octanol–water partition coefficient (Wildman–Crippen LogP) is 2.91. The molecule has 0 saturated carbocycles. The van der Waals surface area contributed by atoms with Gasteiger partial charge in [-0.2, -0.15) is 0 Å². The number of nitrogens with one attached hydrogen (secondary N) is 1. The van der Waals surface area contributed by atoms with Crippen molar-refractivity contribution in [2.45, 2.75) is 6.92 Å². The van der Waals surface area contributed by atoms with Crippen LogP contribution in [0.5, 0.6) is 0 Å². The smallest absolute Gasteiger partial charge is 0.329 e. The highest BCUT2D eigenvalue weighted by Gasteiger charge is 2.03. The van der Waals surface area contributed by atoms with Crippen LogP contribution in [0, 0.1) is 12.7 Å². The van der Waals surface area contributed by atoms with Crippen LogP contribution in [0.4, 0.5) is 10.1 Å². The fraction of sp³-hybridized carbons (Fsp3) is 0.100. The maximum Gasteiger partial charge on any atom is 0.329 e. The molecular formula is C10H9BrFNO2. The normalized spacial score (nSPS) is 10.6. The molecule has 3 nitrogen and oxygen atoms in total. The van der Waals surface area contributed by atoms with Crippen LogP contribution in [0.2, 0.25) is 0 Å². The third-order valence-corrected chi connectivity index (χ3v) is 2.34. The van der Waals surface area contributed by atoms with Gasteiger partial charge < -0.3 is 10.4 Å². The van der Waals surface area contributed by atoms with E-state index in [1.807, 2.05) is 0 Å². The van der Waals surface area contributed by atoms with Crippen LogP contribution in [0.15, 0.2) is 28.9 Å². The highest BCUT2D eigenvalue weighted by atomic mass is 79.9. The number of carboxylic acid groups (broad SMARTS) is 1. The number of hydrogen-bond donors (Lipinski definition) is 2. The van der Waals surface area contributed by atoms with E-state index in [0.717, 1.165) is 6.08 Å². The number of benzene rings is 1. The lowest BCUT2D eigenvalue weighted by Crippen LogP contribution is -1.95. The van der Waals surface area contributed by atoms with E-state index in [1.165, 1.54) is 12.3 Å². The van der Waals surface area contributed by atoms with Crippen LogP contribution in [-0.4, -0.2) is 11.1 Å². The van der Waals surface area contributed by atoms with E-state index in [4.69, 9.17) is 5.11 Å². The summed E-state index contributed by atoms with van der Waals surface area (Å²) in [4.78, 5) is 10.2. The van der Waals surface area contributed by atoms with Crippen LogP contribution in [0.25, 0.3) is 0 Å². The first-order valence-corrected chi connectivity index (χ1v) is 4.91.